The van der Waals surface area contributed by atoms with Crippen LogP contribution in [0, 0.1) is 0 Å². The van der Waals surface area contributed by atoms with E-state index in [1.807, 2.05) is 0 Å². The average Bonchev–Trinajstić information content (AvgIpc) is 2.72. The molecule has 4 N–H and O–H groups in total. The highest BCUT2D eigenvalue weighted by molar-refractivity contribution is 5.73. The quantitative estimate of drug-likeness (QED) is 0.259. The lowest BCUT2D eigenvalue weighted by Gasteiger charge is -2.42. The van der Waals surface area contributed by atoms with Crippen molar-refractivity contribution in [1.29, 1.82) is 0 Å². The summed E-state index contributed by atoms with van der Waals surface area (Å²) in [6.07, 6.45) is 8.22. The Bertz CT molecular complexity index is 438. The van der Waals surface area contributed by atoms with Gasteiger partial charge in [-0.1, -0.05) is 64.7 Å². The molecule has 0 bridgehead atoms. The second-order valence-corrected chi connectivity index (χ2v) is 8.10. The van der Waals surface area contributed by atoms with Crippen LogP contribution in [-0.4, -0.2) is 78.3 Å². The van der Waals surface area contributed by atoms with Crippen LogP contribution in [0.1, 0.15) is 78.1 Å². The van der Waals surface area contributed by atoms with Crippen LogP contribution in [0.2, 0.25) is 0 Å². The highest BCUT2D eigenvalue weighted by atomic mass is 16.7. The molecule has 1 saturated heterocycles. The highest BCUT2D eigenvalue weighted by Crippen LogP contribution is 2.22. The standard InChI is InChI=1S/C22H43NO7/c1-3-4-5-6-7-8-9-10-11-12-13-28-14-15-29-22-19(23-17(2)25)21(27)20(26)18(16-24)30-22/h18-22,24,26-27H,3-16H2,1-2H3,(H,23,25)/t18-,19-,20-,21-,22+/m1/s1. The zero-order chi connectivity index (χ0) is 22.2. The van der Waals surface area contributed by atoms with Gasteiger partial charge in [-0.3, -0.25) is 4.79 Å². The van der Waals surface area contributed by atoms with Crippen LogP contribution >= 0.6 is 0 Å². The Labute approximate surface area is 181 Å². The Kier molecular flexibility index (Phi) is 15.3. The summed E-state index contributed by atoms with van der Waals surface area (Å²) in [5, 5.41) is 32.0. The topological polar surface area (TPSA) is 117 Å². The normalized spacial score (nSPS) is 26.6. The van der Waals surface area contributed by atoms with Crippen molar-refractivity contribution in [2.75, 3.05) is 26.4 Å². The summed E-state index contributed by atoms with van der Waals surface area (Å²) in [4.78, 5) is 11.4. The number of aliphatic hydroxyl groups is 3. The molecule has 30 heavy (non-hydrogen) atoms. The zero-order valence-corrected chi connectivity index (χ0v) is 18.8. The van der Waals surface area contributed by atoms with Crippen LogP contribution in [0.4, 0.5) is 0 Å². The highest BCUT2D eigenvalue weighted by Gasteiger charge is 2.45. The first kappa shape index (κ1) is 27.3. The van der Waals surface area contributed by atoms with Crippen molar-refractivity contribution >= 4 is 5.91 Å². The molecule has 5 atom stereocenters. The zero-order valence-electron chi connectivity index (χ0n) is 18.8. The van der Waals surface area contributed by atoms with Crippen molar-refractivity contribution < 1.29 is 34.3 Å². The minimum Gasteiger partial charge on any atom is -0.394 e. The van der Waals surface area contributed by atoms with E-state index < -0.39 is 37.3 Å². The van der Waals surface area contributed by atoms with E-state index in [9.17, 15) is 20.1 Å². The molecule has 0 radical (unpaired) electrons. The molecule has 8 nitrogen and oxygen atoms in total. The second-order valence-electron chi connectivity index (χ2n) is 8.10. The van der Waals surface area contributed by atoms with Crippen LogP contribution < -0.4 is 5.32 Å². The van der Waals surface area contributed by atoms with Gasteiger partial charge in [-0.15, -0.1) is 0 Å². The molecule has 0 spiro atoms. The van der Waals surface area contributed by atoms with Crippen LogP contribution in [0.15, 0.2) is 0 Å². The number of unbranched alkanes of at least 4 members (excludes halogenated alkanes) is 9. The minimum atomic E-state index is -1.31. The summed E-state index contributed by atoms with van der Waals surface area (Å²) >= 11 is 0. The lowest BCUT2D eigenvalue weighted by Crippen LogP contribution is -2.64. The van der Waals surface area contributed by atoms with Crippen LogP contribution in [-0.2, 0) is 19.0 Å². The lowest BCUT2D eigenvalue weighted by atomic mass is 9.97. The maximum atomic E-state index is 11.4. The third kappa shape index (κ3) is 11.0. The largest absolute Gasteiger partial charge is 0.394 e. The molecular formula is C22H43NO7. The monoisotopic (exact) mass is 433 g/mol. The van der Waals surface area contributed by atoms with Gasteiger partial charge in [0.05, 0.1) is 19.8 Å². The first-order valence-corrected chi connectivity index (χ1v) is 11.6. The molecule has 0 aliphatic carbocycles. The number of rotatable bonds is 17. The van der Waals surface area contributed by atoms with E-state index in [0.29, 0.717) is 13.2 Å². The predicted molar refractivity (Wildman–Crippen MR) is 114 cm³/mol. The van der Waals surface area contributed by atoms with Gasteiger partial charge >= 0.3 is 0 Å². The van der Waals surface area contributed by atoms with Gasteiger partial charge < -0.3 is 34.8 Å². The van der Waals surface area contributed by atoms with E-state index in [2.05, 4.69) is 12.2 Å². The summed E-state index contributed by atoms with van der Waals surface area (Å²) in [7, 11) is 0. The maximum Gasteiger partial charge on any atom is 0.217 e. The molecule has 1 fully saturated rings. The Balaban J connectivity index is 2.10. The number of carbonyl (C=O) groups is 1. The summed E-state index contributed by atoms with van der Waals surface area (Å²) in [6, 6.07) is -0.915. The van der Waals surface area contributed by atoms with Crippen LogP contribution in [0.25, 0.3) is 0 Å². The average molecular weight is 434 g/mol. The third-order valence-corrected chi connectivity index (χ3v) is 5.40. The molecular weight excluding hydrogens is 390 g/mol. The first-order chi connectivity index (χ1) is 14.5. The third-order valence-electron chi connectivity index (χ3n) is 5.40. The molecule has 0 aromatic rings. The van der Waals surface area contributed by atoms with E-state index in [1.165, 1.54) is 58.3 Å². The SMILES string of the molecule is CCCCCCCCCCCCOCCO[C@H]1O[C@H](CO)[C@@H](O)[C@H](O)[C@H]1NC(C)=O. The second kappa shape index (κ2) is 16.9. The summed E-state index contributed by atoms with van der Waals surface area (Å²) < 4.78 is 16.7. The van der Waals surface area contributed by atoms with E-state index in [1.54, 1.807) is 0 Å². The fourth-order valence-electron chi connectivity index (χ4n) is 3.63. The molecule has 0 saturated carbocycles. The van der Waals surface area contributed by atoms with E-state index in [4.69, 9.17) is 14.2 Å². The molecule has 178 valence electrons. The van der Waals surface area contributed by atoms with E-state index in [-0.39, 0.29) is 12.5 Å². The van der Waals surface area contributed by atoms with Crippen molar-refractivity contribution in [2.45, 2.75) is 109 Å². The van der Waals surface area contributed by atoms with Crippen molar-refractivity contribution in [2.24, 2.45) is 0 Å². The number of nitrogens with one attached hydrogen (secondary N) is 1. The van der Waals surface area contributed by atoms with Crippen LogP contribution in [0.3, 0.4) is 0 Å². The van der Waals surface area contributed by atoms with Gasteiger partial charge in [-0.25, -0.2) is 0 Å². The van der Waals surface area contributed by atoms with Gasteiger partial charge in [-0.05, 0) is 6.42 Å². The van der Waals surface area contributed by atoms with E-state index in [0.717, 1.165) is 12.8 Å². The number of hydrogen-bond donors (Lipinski definition) is 4. The fraction of sp³-hybridized carbons (Fsp3) is 0.955. The van der Waals surface area contributed by atoms with Gasteiger partial charge in [0.2, 0.25) is 5.91 Å². The fourth-order valence-corrected chi connectivity index (χ4v) is 3.63. The number of amides is 1. The van der Waals surface area contributed by atoms with Crippen molar-refractivity contribution in [3.8, 4) is 0 Å². The van der Waals surface area contributed by atoms with Gasteiger partial charge in [0.15, 0.2) is 6.29 Å². The molecule has 1 amide bonds. The summed E-state index contributed by atoms with van der Waals surface area (Å²) in [6.45, 7) is 4.35. The van der Waals surface area contributed by atoms with Crippen molar-refractivity contribution in [1.82, 2.24) is 5.32 Å². The summed E-state index contributed by atoms with van der Waals surface area (Å²) in [5.74, 6) is -0.372. The van der Waals surface area contributed by atoms with Gasteiger partial charge in [-0.2, -0.15) is 0 Å². The smallest absolute Gasteiger partial charge is 0.217 e. The number of aliphatic hydroxyl groups excluding tert-OH is 3. The molecule has 1 rings (SSSR count). The van der Waals surface area contributed by atoms with Crippen molar-refractivity contribution in [3.63, 3.8) is 0 Å². The molecule has 0 aromatic heterocycles. The minimum absolute atomic E-state index is 0.222. The molecule has 1 aliphatic rings. The van der Waals surface area contributed by atoms with E-state index >= 15 is 0 Å². The Morgan fingerprint density at radius 3 is 2.07 bits per heavy atom. The van der Waals surface area contributed by atoms with Gasteiger partial charge in [0.25, 0.3) is 0 Å². The molecule has 0 unspecified atom stereocenters. The van der Waals surface area contributed by atoms with Crippen molar-refractivity contribution in [3.05, 3.63) is 0 Å². The summed E-state index contributed by atoms with van der Waals surface area (Å²) in [5.41, 5.74) is 0. The van der Waals surface area contributed by atoms with Gasteiger partial charge in [0.1, 0.15) is 24.4 Å². The molecule has 0 aromatic carbocycles. The Hall–Kier alpha value is -0.770. The van der Waals surface area contributed by atoms with Gasteiger partial charge in [0, 0.05) is 13.5 Å². The Morgan fingerprint density at radius 2 is 1.50 bits per heavy atom. The van der Waals surface area contributed by atoms with Crippen LogP contribution in [0.5, 0.6) is 0 Å². The molecule has 1 heterocycles. The predicted octanol–water partition coefficient (Wildman–Crippen LogP) is 1.88. The first-order valence-electron chi connectivity index (χ1n) is 11.6. The number of ether oxygens (including phenoxy) is 3. The molecule has 8 heteroatoms. The lowest BCUT2D eigenvalue weighted by molar-refractivity contribution is -0.272. The molecule has 1 aliphatic heterocycles. The number of hydrogen-bond acceptors (Lipinski definition) is 7. The number of carbonyl (C=O) groups excluding carboxylic acids is 1. The maximum absolute atomic E-state index is 11.4. The Morgan fingerprint density at radius 1 is 0.900 bits per heavy atom.